The molecule has 126 valence electrons. The second-order valence-electron chi connectivity index (χ2n) is 4.92. The van der Waals surface area contributed by atoms with E-state index in [2.05, 4.69) is 10.5 Å². The zero-order valence-electron chi connectivity index (χ0n) is 12.9. The van der Waals surface area contributed by atoms with Gasteiger partial charge in [-0.1, -0.05) is 36.4 Å². The summed E-state index contributed by atoms with van der Waals surface area (Å²) in [5, 5.41) is 3.65. The predicted octanol–water partition coefficient (Wildman–Crippen LogP) is 1.74. The van der Waals surface area contributed by atoms with Gasteiger partial charge in [0.15, 0.2) is 0 Å². The molecule has 8 heteroatoms. The van der Waals surface area contributed by atoms with Gasteiger partial charge in [-0.3, -0.25) is 9.10 Å². The number of para-hydroxylation sites is 1. The molecule has 1 amide bonds. The van der Waals surface area contributed by atoms with E-state index < -0.39 is 28.3 Å². The van der Waals surface area contributed by atoms with Crippen LogP contribution in [0.25, 0.3) is 0 Å². The number of carbonyl (C=O) groups excluding carboxylic acids is 1. The molecule has 0 aliphatic rings. The van der Waals surface area contributed by atoms with Crippen LogP contribution in [-0.2, 0) is 14.8 Å². The van der Waals surface area contributed by atoms with Gasteiger partial charge in [0.2, 0.25) is 10.0 Å². The first kappa shape index (κ1) is 17.6. The lowest BCUT2D eigenvalue weighted by Gasteiger charge is -2.21. The summed E-state index contributed by atoms with van der Waals surface area (Å²) in [7, 11) is -3.64. The number of nitrogens with one attached hydrogen (secondary N) is 1. The van der Waals surface area contributed by atoms with Gasteiger partial charge in [0.1, 0.15) is 12.4 Å². The second kappa shape index (κ2) is 7.69. The van der Waals surface area contributed by atoms with Gasteiger partial charge in [0.25, 0.3) is 5.91 Å². The van der Waals surface area contributed by atoms with Crippen LogP contribution < -0.4 is 9.73 Å². The molecule has 0 bridgehead atoms. The normalized spacial score (nSPS) is 11.4. The Morgan fingerprint density at radius 1 is 1.17 bits per heavy atom. The fraction of sp³-hybridized carbons (Fsp3) is 0.125. The number of benzene rings is 2. The average Bonchev–Trinajstić information content (AvgIpc) is 2.54. The number of anilines is 1. The van der Waals surface area contributed by atoms with Gasteiger partial charge in [0, 0.05) is 5.56 Å². The number of amides is 1. The fourth-order valence-corrected chi connectivity index (χ4v) is 2.77. The number of halogens is 1. The van der Waals surface area contributed by atoms with Crippen LogP contribution in [0, 0.1) is 5.82 Å². The highest BCUT2D eigenvalue weighted by atomic mass is 32.2. The van der Waals surface area contributed by atoms with Gasteiger partial charge >= 0.3 is 0 Å². The standard InChI is InChI=1S/C16H16FN3O3S/c1-24(22,23)20(14-8-3-2-4-9-14)12-16(21)19-18-11-13-7-5-6-10-15(13)17/h2-11H,12H2,1H3,(H,19,21)/b18-11-. The van der Waals surface area contributed by atoms with Crippen molar-refractivity contribution >= 4 is 27.8 Å². The molecule has 0 radical (unpaired) electrons. The first-order valence-electron chi connectivity index (χ1n) is 6.97. The Morgan fingerprint density at radius 3 is 2.42 bits per heavy atom. The zero-order valence-corrected chi connectivity index (χ0v) is 13.7. The fourth-order valence-electron chi connectivity index (χ4n) is 1.91. The van der Waals surface area contributed by atoms with Crippen LogP contribution in [-0.4, -0.2) is 33.3 Å². The van der Waals surface area contributed by atoms with E-state index in [1.54, 1.807) is 36.4 Å². The maximum atomic E-state index is 13.4. The third-order valence-corrected chi connectivity index (χ3v) is 4.17. The molecule has 2 rings (SSSR count). The van der Waals surface area contributed by atoms with Gasteiger partial charge < -0.3 is 0 Å². The van der Waals surface area contributed by atoms with Crippen molar-refractivity contribution in [2.24, 2.45) is 5.10 Å². The van der Waals surface area contributed by atoms with E-state index >= 15 is 0 Å². The Bertz CT molecular complexity index is 839. The number of hydrazone groups is 1. The smallest absolute Gasteiger partial charge is 0.260 e. The SMILES string of the molecule is CS(=O)(=O)N(CC(=O)N/N=C\c1ccccc1F)c1ccccc1. The average molecular weight is 349 g/mol. The van der Waals surface area contributed by atoms with E-state index in [-0.39, 0.29) is 5.56 Å². The molecule has 0 fully saturated rings. The van der Waals surface area contributed by atoms with Crippen LogP contribution in [0.15, 0.2) is 59.7 Å². The van der Waals surface area contributed by atoms with Gasteiger partial charge in [-0.25, -0.2) is 18.2 Å². The summed E-state index contributed by atoms with van der Waals surface area (Å²) >= 11 is 0. The summed E-state index contributed by atoms with van der Waals surface area (Å²) in [5.74, 6) is -1.12. The Morgan fingerprint density at radius 2 is 1.79 bits per heavy atom. The lowest BCUT2D eigenvalue weighted by atomic mass is 10.2. The van der Waals surface area contributed by atoms with Gasteiger partial charge in [-0.2, -0.15) is 5.10 Å². The van der Waals surface area contributed by atoms with Crippen LogP contribution in [0.4, 0.5) is 10.1 Å². The van der Waals surface area contributed by atoms with Crippen molar-refractivity contribution in [1.82, 2.24) is 5.43 Å². The molecule has 0 spiro atoms. The lowest BCUT2D eigenvalue weighted by Crippen LogP contribution is -2.38. The summed E-state index contributed by atoms with van der Waals surface area (Å²) < 4.78 is 38.1. The highest BCUT2D eigenvalue weighted by Gasteiger charge is 2.20. The molecule has 2 aromatic rings. The number of carbonyl (C=O) groups is 1. The van der Waals surface area contributed by atoms with E-state index in [0.29, 0.717) is 5.69 Å². The molecule has 0 aromatic heterocycles. The summed E-state index contributed by atoms with van der Waals surface area (Å²) in [5.41, 5.74) is 2.77. The van der Waals surface area contributed by atoms with E-state index in [9.17, 15) is 17.6 Å². The van der Waals surface area contributed by atoms with E-state index in [1.807, 2.05) is 0 Å². The molecule has 0 atom stereocenters. The summed E-state index contributed by atoms with van der Waals surface area (Å²) in [6.45, 7) is -0.433. The summed E-state index contributed by atoms with van der Waals surface area (Å²) in [6, 6.07) is 14.2. The minimum atomic E-state index is -3.64. The molecule has 6 nitrogen and oxygen atoms in total. The van der Waals surface area contributed by atoms with Crippen molar-refractivity contribution in [3.05, 3.63) is 66.0 Å². The van der Waals surface area contributed by atoms with E-state index in [1.165, 1.54) is 18.2 Å². The van der Waals surface area contributed by atoms with Crippen molar-refractivity contribution in [2.45, 2.75) is 0 Å². The zero-order chi connectivity index (χ0) is 17.6. The first-order chi connectivity index (χ1) is 11.4. The van der Waals surface area contributed by atoms with Gasteiger partial charge in [-0.05, 0) is 18.2 Å². The maximum absolute atomic E-state index is 13.4. The Balaban J connectivity index is 2.05. The van der Waals surface area contributed by atoms with Crippen LogP contribution in [0.2, 0.25) is 0 Å². The third-order valence-electron chi connectivity index (χ3n) is 3.03. The molecule has 0 aliphatic heterocycles. The number of rotatable bonds is 6. The molecular weight excluding hydrogens is 333 g/mol. The second-order valence-corrected chi connectivity index (χ2v) is 6.83. The monoisotopic (exact) mass is 349 g/mol. The quantitative estimate of drug-likeness (QED) is 0.637. The maximum Gasteiger partial charge on any atom is 0.260 e. The largest absolute Gasteiger partial charge is 0.271 e. The minimum Gasteiger partial charge on any atom is -0.271 e. The third kappa shape index (κ3) is 4.88. The first-order valence-corrected chi connectivity index (χ1v) is 8.82. The molecule has 0 saturated heterocycles. The van der Waals surface area contributed by atoms with E-state index in [0.717, 1.165) is 16.8 Å². The lowest BCUT2D eigenvalue weighted by molar-refractivity contribution is -0.119. The number of hydrogen-bond donors (Lipinski definition) is 1. The Labute approximate surface area is 139 Å². The molecular formula is C16H16FN3O3S. The van der Waals surface area contributed by atoms with Crippen LogP contribution in [0.1, 0.15) is 5.56 Å². The van der Waals surface area contributed by atoms with Crippen LogP contribution in [0.5, 0.6) is 0 Å². The topological polar surface area (TPSA) is 78.8 Å². The van der Waals surface area contributed by atoms with Crippen molar-refractivity contribution in [3.8, 4) is 0 Å². The highest BCUT2D eigenvalue weighted by molar-refractivity contribution is 7.92. The van der Waals surface area contributed by atoms with Gasteiger partial charge in [-0.15, -0.1) is 0 Å². The molecule has 0 unspecified atom stereocenters. The van der Waals surface area contributed by atoms with Crippen molar-refractivity contribution in [3.63, 3.8) is 0 Å². The highest BCUT2D eigenvalue weighted by Crippen LogP contribution is 2.16. The van der Waals surface area contributed by atoms with Crippen molar-refractivity contribution in [1.29, 1.82) is 0 Å². The summed E-state index contributed by atoms with van der Waals surface area (Å²) in [4.78, 5) is 11.9. The van der Waals surface area contributed by atoms with Crippen molar-refractivity contribution < 1.29 is 17.6 Å². The minimum absolute atomic E-state index is 0.209. The van der Waals surface area contributed by atoms with Crippen LogP contribution in [0.3, 0.4) is 0 Å². The molecule has 1 N–H and O–H groups in total. The van der Waals surface area contributed by atoms with Crippen molar-refractivity contribution in [2.75, 3.05) is 17.1 Å². The summed E-state index contributed by atoms with van der Waals surface area (Å²) in [6.07, 6.45) is 2.16. The van der Waals surface area contributed by atoms with Crippen LogP contribution >= 0.6 is 0 Å². The number of nitrogens with zero attached hydrogens (tertiary/aromatic N) is 2. The number of hydrogen-bond acceptors (Lipinski definition) is 4. The molecule has 2 aromatic carbocycles. The molecule has 0 aliphatic carbocycles. The number of sulfonamides is 1. The van der Waals surface area contributed by atoms with Gasteiger partial charge in [0.05, 0.1) is 18.2 Å². The predicted molar refractivity (Wildman–Crippen MR) is 90.8 cm³/mol. The molecule has 24 heavy (non-hydrogen) atoms. The van der Waals surface area contributed by atoms with E-state index in [4.69, 9.17) is 0 Å². The Hall–Kier alpha value is -2.74. The molecule has 0 saturated carbocycles. The molecule has 0 heterocycles. The Kier molecular flexibility index (Phi) is 5.64.